The third-order valence-corrected chi connectivity index (χ3v) is 3.30. The topological polar surface area (TPSA) is 37.3 Å². The Balaban J connectivity index is 2.74. The molecule has 0 fully saturated rings. The van der Waals surface area contributed by atoms with Gasteiger partial charge in [-0.25, -0.2) is 4.98 Å². The number of thioether (sulfide) groups is 1. The lowest BCUT2D eigenvalue weighted by Gasteiger charge is -2.00. The van der Waals surface area contributed by atoms with Crippen LogP contribution in [-0.2, 0) is 0 Å². The molecule has 5 heteroatoms. The van der Waals surface area contributed by atoms with E-state index in [9.17, 15) is 0 Å². The van der Waals surface area contributed by atoms with Crippen LogP contribution in [0.1, 0.15) is 10.6 Å². The number of rotatable bonds is 1. The van der Waals surface area contributed by atoms with Gasteiger partial charge in [0, 0.05) is 11.9 Å². The van der Waals surface area contributed by atoms with Crippen LogP contribution in [0.4, 0.5) is 5.13 Å². The maximum absolute atomic E-state index is 4.36. The second-order valence-corrected chi connectivity index (χ2v) is 4.52. The third-order valence-electron chi connectivity index (χ3n) is 1.64. The highest BCUT2D eigenvalue weighted by atomic mass is 32.2. The number of aliphatic imine (C=N–C) groups is 1. The monoisotopic (exact) mass is 215 g/mol. The number of hydrogen-bond acceptors (Lipinski definition) is 4. The second kappa shape index (κ2) is 4.62. The molecule has 3 nitrogen and oxygen atoms in total. The minimum absolute atomic E-state index is 0.897. The molecule has 72 valence electrons. The van der Waals surface area contributed by atoms with Crippen LogP contribution in [0.25, 0.3) is 0 Å². The average molecular weight is 215 g/mol. The minimum atomic E-state index is 0.897. The number of aromatic nitrogens is 1. The van der Waals surface area contributed by atoms with E-state index in [4.69, 9.17) is 0 Å². The van der Waals surface area contributed by atoms with Gasteiger partial charge < -0.3 is 5.32 Å². The Kier molecular flexibility index (Phi) is 3.74. The lowest BCUT2D eigenvalue weighted by Crippen LogP contribution is -2.06. The van der Waals surface area contributed by atoms with Gasteiger partial charge in [-0.15, -0.1) is 11.3 Å². The molecule has 0 amide bonds. The van der Waals surface area contributed by atoms with Gasteiger partial charge in [-0.2, -0.15) is 0 Å². The zero-order chi connectivity index (χ0) is 9.84. The minimum Gasteiger partial charge on any atom is -0.311 e. The fourth-order valence-corrected chi connectivity index (χ4v) is 2.08. The molecule has 0 aliphatic carbocycles. The number of aryl methyl sites for hydroxylation is 2. The largest absolute Gasteiger partial charge is 0.311 e. The van der Waals surface area contributed by atoms with Crippen molar-refractivity contribution in [3.8, 4) is 0 Å². The summed E-state index contributed by atoms with van der Waals surface area (Å²) in [5.41, 5.74) is 1.09. The van der Waals surface area contributed by atoms with Crippen molar-refractivity contribution in [2.75, 3.05) is 18.6 Å². The van der Waals surface area contributed by atoms with Crippen LogP contribution < -0.4 is 5.32 Å². The van der Waals surface area contributed by atoms with Crippen molar-refractivity contribution in [1.82, 2.24) is 4.98 Å². The van der Waals surface area contributed by atoms with Gasteiger partial charge in [-0.05, 0) is 20.1 Å². The van der Waals surface area contributed by atoms with E-state index in [2.05, 4.69) is 22.2 Å². The molecule has 0 atom stereocenters. The average Bonchev–Trinajstić information content (AvgIpc) is 2.42. The fraction of sp³-hybridized carbons (Fsp3) is 0.500. The van der Waals surface area contributed by atoms with Gasteiger partial charge in [0.05, 0.1) is 5.69 Å². The molecule has 0 radical (unpaired) electrons. The molecule has 0 aliphatic heterocycles. The van der Waals surface area contributed by atoms with E-state index >= 15 is 0 Å². The molecule has 0 aliphatic rings. The molecule has 0 saturated carbocycles. The van der Waals surface area contributed by atoms with E-state index in [0.717, 1.165) is 16.0 Å². The number of anilines is 1. The molecule has 1 heterocycles. The van der Waals surface area contributed by atoms with Gasteiger partial charge in [0.25, 0.3) is 0 Å². The van der Waals surface area contributed by atoms with Gasteiger partial charge in [-0.1, -0.05) is 11.8 Å². The van der Waals surface area contributed by atoms with Crippen molar-refractivity contribution < 1.29 is 0 Å². The number of hydrogen-bond donors (Lipinski definition) is 1. The summed E-state index contributed by atoms with van der Waals surface area (Å²) in [6, 6.07) is 0. The van der Waals surface area contributed by atoms with Crippen LogP contribution in [0, 0.1) is 13.8 Å². The highest BCUT2D eigenvalue weighted by molar-refractivity contribution is 8.13. The lowest BCUT2D eigenvalue weighted by molar-refractivity contribution is 1.23. The first-order valence-electron chi connectivity index (χ1n) is 3.89. The van der Waals surface area contributed by atoms with Crippen molar-refractivity contribution in [2.45, 2.75) is 13.8 Å². The van der Waals surface area contributed by atoms with Crippen LogP contribution in [0.2, 0.25) is 0 Å². The molecular formula is C8H13N3S2. The van der Waals surface area contributed by atoms with Crippen molar-refractivity contribution in [2.24, 2.45) is 4.99 Å². The normalized spacial score (nSPS) is 11.8. The van der Waals surface area contributed by atoms with E-state index in [-0.39, 0.29) is 0 Å². The Morgan fingerprint density at radius 3 is 2.62 bits per heavy atom. The zero-order valence-electron chi connectivity index (χ0n) is 8.21. The van der Waals surface area contributed by atoms with Gasteiger partial charge >= 0.3 is 0 Å². The molecule has 1 N–H and O–H groups in total. The molecule has 0 saturated heterocycles. The van der Waals surface area contributed by atoms with Gasteiger partial charge in [0.15, 0.2) is 10.3 Å². The van der Waals surface area contributed by atoms with Crippen molar-refractivity contribution in [3.63, 3.8) is 0 Å². The Labute approximate surface area is 86.7 Å². The van der Waals surface area contributed by atoms with Gasteiger partial charge in [0.2, 0.25) is 0 Å². The molecule has 0 aromatic carbocycles. The van der Waals surface area contributed by atoms with E-state index in [0.29, 0.717) is 0 Å². The molecule has 1 aromatic heterocycles. The highest BCUT2D eigenvalue weighted by Gasteiger charge is 2.04. The smallest absolute Gasteiger partial charge is 0.189 e. The Morgan fingerprint density at radius 2 is 2.23 bits per heavy atom. The van der Waals surface area contributed by atoms with E-state index < -0.39 is 0 Å². The van der Waals surface area contributed by atoms with Crippen molar-refractivity contribution >= 4 is 33.4 Å². The van der Waals surface area contributed by atoms with Crippen LogP contribution in [-0.4, -0.2) is 23.5 Å². The fourth-order valence-electron chi connectivity index (χ4n) is 0.816. The summed E-state index contributed by atoms with van der Waals surface area (Å²) in [5.74, 6) is 0. The van der Waals surface area contributed by atoms with Crippen LogP contribution in [0.15, 0.2) is 4.99 Å². The first kappa shape index (κ1) is 10.5. The van der Waals surface area contributed by atoms with Gasteiger partial charge in [0.1, 0.15) is 0 Å². The first-order chi connectivity index (χ1) is 6.17. The zero-order valence-corrected chi connectivity index (χ0v) is 9.84. The molecule has 0 bridgehead atoms. The predicted molar refractivity (Wildman–Crippen MR) is 62.1 cm³/mol. The molecule has 13 heavy (non-hydrogen) atoms. The molecule has 0 spiro atoms. The lowest BCUT2D eigenvalue weighted by atomic mass is 10.4. The molecule has 1 aromatic rings. The number of thiazole rings is 1. The van der Waals surface area contributed by atoms with Crippen molar-refractivity contribution in [3.05, 3.63) is 10.6 Å². The first-order valence-corrected chi connectivity index (χ1v) is 5.93. The number of nitrogens with one attached hydrogen (secondary N) is 1. The number of nitrogens with zero attached hydrogens (tertiary/aromatic N) is 2. The Hall–Kier alpha value is -0.550. The number of amidine groups is 1. The maximum Gasteiger partial charge on any atom is 0.189 e. The highest BCUT2D eigenvalue weighted by Crippen LogP contribution is 2.21. The van der Waals surface area contributed by atoms with Crippen LogP contribution in [0.3, 0.4) is 0 Å². The summed E-state index contributed by atoms with van der Waals surface area (Å²) < 4.78 is 0. The standard InChI is InChI=1S/C8H13N3S2/c1-5-6(2)13-8(10-5)11-7(9-3)12-4/h1-4H3,(H,9,10,11). The quantitative estimate of drug-likeness (QED) is 0.578. The molecular weight excluding hydrogens is 202 g/mol. The Morgan fingerprint density at radius 1 is 1.54 bits per heavy atom. The summed E-state index contributed by atoms with van der Waals surface area (Å²) in [4.78, 5) is 9.68. The summed E-state index contributed by atoms with van der Waals surface area (Å²) in [6.45, 7) is 4.08. The second-order valence-electron chi connectivity index (χ2n) is 2.52. The van der Waals surface area contributed by atoms with Crippen molar-refractivity contribution in [1.29, 1.82) is 0 Å². The maximum atomic E-state index is 4.36. The summed E-state index contributed by atoms with van der Waals surface area (Å²) in [6.07, 6.45) is 1.99. The summed E-state index contributed by atoms with van der Waals surface area (Å²) >= 11 is 3.24. The van der Waals surface area contributed by atoms with Crippen LogP contribution in [0.5, 0.6) is 0 Å². The van der Waals surface area contributed by atoms with E-state index in [1.807, 2.05) is 13.2 Å². The summed E-state index contributed by atoms with van der Waals surface area (Å²) in [5, 5.41) is 4.98. The summed E-state index contributed by atoms with van der Waals surface area (Å²) in [7, 11) is 1.77. The van der Waals surface area contributed by atoms with E-state index in [1.54, 1.807) is 30.1 Å². The van der Waals surface area contributed by atoms with Gasteiger partial charge in [-0.3, -0.25) is 4.99 Å². The van der Waals surface area contributed by atoms with Crippen LogP contribution >= 0.6 is 23.1 Å². The molecule has 1 rings (SSSR count). The molecule has 0 unspecified atom stereocenters. The Bertz CT molecular complexity index is 298. The third kappa shape index (κ3) is 2.70. The van der Waals surface area contributed by atoms with E-state index in [1.165, 1.54) is 4.88 Å². The predicted octanol–water partition coefficient (Wildman–Crippen LogP) is 2.52. The SMILES string of the molecule is CN=C(Nc1nc(C)c(C)s1)SC.